The topological polar surface area (TPSA) is 112 Å². The standard InChI is InChI=1S/C64H123NO8/c1-6-11-16-21-26-27-28-35-45-54-70-61(67)49-41-37-44-53-65-57-58(66)56-60(65)63(69)71-55-46-36-29-32-40-50-62(68)73-64(51-42-33-24-19-14-9-4,52-43-34-25-20-15-10-5)72-59(47-38-30-22-17-12-7-2)48-39-31-23-18-13-8-3/h58-60,66H,6-57H2,1-5H3/t58-,60+/m1/s1. The highest BCUT2D eigenvalue weighted by atomic mass is 16.7. The van der Waals surface area contributed by atoms with Crippen LogP contribution in [0.15, 0.2) is 0 Å². The highest BCUT2D eigenvalue weighted by molar-refractivity contribution is 5.76. The summed E-state index contributed by atoms with van der Waals surface area (Å²) in [6, 6.07) is -0.415. The quantitative estimate of drug-likeness (QED) is 0.0275. The Kier molecular flexibility index (Phi) is 48.5. The number of aliphatic hydroxyl groups excluding tert-OH is 1. The van der Waals surface area contributed by atoms with E-state index in [0.29, 0.717) is 45.6 Å². The molecule has 0 aromatic rings. The third-order valence-electron chi connectivity index (χ3n) is 15.5. The minimum Gasteiger partial charge on any atom is -0.466 e. The van der Waals surface area contributed by atoms with Crippen LogP contribution in [-0.2, 0) is 33.3 Å². The van der Waals surface area contributed by atoms with Crippen molar-refractivity contribution in [2.75, 3.05) is 26.3 Å². The molecule has 1 fully saturated rings. The number of carbonyl (C=O) groups excluding carboxylic acids is 3. The molecule has 0 unspecified atom stereocenters. The lowest BCUT2D eigenvalue weighted by Gasteiger charge is -2.37. The number of unbranched alkanes of at least 4 members (excludes halogenated alkanes) is 34. The van der Waals surface area contributed by atoms with Crippen LogP contribution in [0.25, 0.3) is 0 Å². The molecule has 2 atom stereocenters. The van der Waals surface area contributed by atoms with E-state index in [1.807, 2.05) is 0 Å². The molecule has 1 rings (SSSR count). The van der Waals surface area contributed by atoms with Crippen molar-refractivity contribution in [3.63, 3.8) is 0 Å². The number of aliphatic hydroxyl groups is 1. The van der Waals surface area contributed by atoms with Gasteiger partial charge in [0.05, 0.1) is 25.4 Å². The van der Waals surface area contributed by atoms with E-state index in [2.05, 4.69) is 39.5 Å². The average Bonchev–Trinajstić information content (AvgIpc) is 3.76. The van der Waals surface area contributed by atoms with E-state index in [1.165, 1.54) is 173 Å². The van der Waals surface area contributed by atoms with Crippen molar-refractivity contribution in [2.24, 2.45) is 0 Å². The van der Waals surface area contributed by atoms with Crippen LogP contribution in [0.5, 0.6) is 0 Å². The molecule has 0 aromatic heterocycles. The second-order valence-corrected chi connectivity index (χ2v) is 22.7. The van der Waals surface area contributed by atoms with E-state index in [9.17, 15) is 19.5 Å². The molecule has 1 aliphatic heterocycles. The van der Waals surface area contributed by atoms with E-state index in [1.54, 1.807) is 0 Å². The summed E-state index contributed by atoms with van der Waals surface area (Å²) in [6.45, 7) is 13.4. The molecule has 432 valence electrons. The van der Waals surface area contributed by atoms with Gasteiger partial charge in [0.2, 0.25) is 5.79 Å². The number of rotatable bonds is 56. The Hall–Kier alpha value is -1.71. The van der Waals surface area contributed by atoms with Gasteiger partial charge in [0.15, 0.2) is 0 Å². The third kappa shape index (κ3) is 41.1. The first-order valence-electron chi connectivity index (χ1n) is 32.4. The summed E-state index contributed by atoms with van der Waals surface area (Å²) in [5, 5.41) is 10.4. The first-order chi connectivity index (χ1) is 35.7. The van der Waals surface area contributed by atoms with Gasteiger partial charge >= 0.3 is 17.9 Å². The van der Waals surface area contributed by atoms with Crippen molar-refractivity contribution < 1.29 is 38.4 Å². The first kappa shape index (κ1) is 69.3. The zero-order valence-corrected chi connectivity index (χ0v) is 49.3. The molecule has 1 aliphatic rings. The molecule has 1 saturated heterocycles. The summed E-state index contributed by atoms with van der Waals surface area (Å²) in [5.74, 6) is -1.29. The summed E-state index contributed by atoms with van der Waals surface area (Å²) in [6.07, 6.45) is 52.5. The second-order valence-electron chi connectivity index (χ2n) is 22.7. The fourth-order valence-electron chi connectivity index (χ4n) is 10.8. The van der Waals surface area contributed by atoms with Crippen molar-refractivity contribution in [1.29, 1.82) is 0 Å². The lowest BCUT2D eigenvalue weighted by atomic mass is 9.97. The molecule has 0 aliphatic carbocycles. The van der Waals surface area contributed by atoms with E-state index >= 15 is 0 Å². The number of nitrogens with zero attached hydrogens (tertiary/aromatic N) is 1. The van der Waals surface area contributed by atoms with Gasteiger partial charge in [-0.05, 0) is 64.3 Å². The molecule has 0 saturated carbocycles. The molecule has 1 N–H and O–H groups in total. The van der Waals surface area contributed by atoms with E-state index in [4.69, 9.17) is 18.9 Å². The van der Waals surface area contributed by atoms with Gasteiger partial charge in [-0.15, -0.1) is 0 Å². The van der Waals surface area contributed by atoms with Crippen molar-refractivity contribution in [3.8, 4) is 0 Å². The zero-order valence-electron chi connectivity index (χ0n) is 49.3. The average molecular weight is 1030 g/mol. The Balaban J connectivity index is 2.64. The first-order valence-corrected chi connectivity index (χ1v) is 32.4. The highest BCUT2D eigenvalue weighted by Crippen LogP contribution is 2.34. The van der Waals surface area contributed by atoms with E-state index in [-0.39, 0.29) is 24.0 Å². The highest BCUT2D eigenvalue weighted by Gasteiger charge is 2.38. The van der Waals surface area contributed by atoms with Crippen LogP contribution in [0.4, 0.5) is 0 Å². The fourth-order valence-corrected chi connectivity index (χ4v) is 10.8. The van der Waals surface area contributed by atoms with Crippen LogP contribution >= 0.6 is 0 Å². The lowest BCUT2D eigenvalue weighted by molar-refractivity contribution is -0.259. The minimum absolute atomic E-state index is 0.103. The Morgan fingerprint density at radius 1 is 0.452 bits per heavy atom. The molecular formula is C64H123NO8. The van der Waals surface area contributed by atoms with Crippen molar-refractivity contribution in [3.05, 3.63) is 0 Å². The molecule has 0 aromatic carbocycles. The molecule has 73 heavy (non-hydrogen) atoms. The number of esters is 3. The maximum atomic E-state index is 13.9. The smallest absolute Gasteiger partial charge is 0.323 e. The van der Waals surface area contributed by atoms with Gasteiger partial charge in [-0.3, -0.25) is 19.3 Å². The number of likely N-dealkylation sites (tertiary alicyclic amines) is 1. The third-order valence-corrected chi connectivity index (χ3v) is 15.5. The summed E-state index contributed by atoms with van der Waals surface area (Å²) in [5.41, 5.74) is 0. The summed E-state index contributed by atoms with van der Waals surface area (Å²) >= 11 is 0. The molecule has 0 bridgehead atoms. The van der Waals surface area contributed by atoms with Crippen molar-refractivity contribution in [2.45, 2.75) is 367 Å². The molecule has 0 amide bonds. The van der Waals surface area contributed by atoms with Gasteiger partial charge in [0.25, 0.3) is 0 Å². The normalized spacial score (nSPS) is 15.2. The minimum atomic E-state index is -0.835. The second kappa shape index (κ2) is 51.1. The number of β-amino-alcohol motifs (C(OH)–C–C–N with tert-alkyl or cyclic N) is 1. The largest absolute Gasteiger partial charge is 0.466 e. The van der Waals surface area contributed by atoms with Gasteiger partial charge in [-0.1, -0.05) is 253 Å². The Morgan fingerprint density at radius 2 is 0.822 bits per heavy atom. The zero-order chi connectivity index (χ0) is 53.1. The van der Waals surface area contributed by atoms with E-state index in [0.717, 1.165) is 116 Å². The molecule has 1 heterocycles. The van der Waals surface area contributed by atoms with Crippen molar-refractivity contribution >= 4 is 17.9 Å². The van der Waals surface area contributed by atoms with Crippen LogP contribution in [-0.4, -0.2) is 78.3 Å². The summed E-state index contributed by atoms with van der Waals surface area (Å²) in [4.78, 5) is 41.4. The van der Waals surface area contributed by atoms with Crippen LogP contribution in [0.2, 0.25) is 0 Å². The maximum Gasteiger partial charge on any atom is 0.323 e. The van der Waals surface area contributed by atoms with Crippen LogP contribution in [0.1, 0.15) is 343 Å². The Morgan fingerprint density at radius 3 is 1.29 bits per heavy atom. The monoisotopic (exact) mass is 1030 g/mol. The van der Waals surface area contributed by atoms with Gasteiger partial charge in [-0.2, -0.15) is 0 Å². The molecular weight excluding hydrogens is 911 g/mol. The fraction of sp³-hybridized carbons (Fsp3) is 0.953. The van der Waals surface area contributed by atoms with Gasteiger partial charge in [0.1, 0.15) is 6.04 Å². The van der Waals surface area contributed by atoms with Crippen molar-refractivity contribution in [1.82, 2.24) is 4.90 Å². The molecule has 9 heteroatoms. The maximum absolute atomic E-state index is 13.9. The summed E-state index contributed by atoms with van der Waals surface area (Å²) in [7, 11) is 0. The number of hydrogen-bond donors (Lipinski definition) is 1. The van der Waals surface area contributed by atoms with E-state index < -0.39 is 17.9 Å². The molecule has 9 nitrogen and oxygen atoms in total. The Labute approximate surface area is 452 Å². The number of carbonyl (C=O) groups is 3. The molecule has 0 spiro atoms. The number of ether oxygens (including phenoxy) is 4. The van der Waals surface area contributed by atoms with Crippen LogP contribution in [0, 0.1) is 0 Å². The number of hydrogen-bond acceptors (Lipinski definition) is 9. The van der Waals surface area contributed by atoms with Gasteiger partial charge < -0.3 is 24.1 Å². The van der Waals surface area contributed by atoms with Gasteiger partial charge in [-0.25, -0.2) is 0 Å². The van der Waals surface area contributed by atoms with Crippen LogP contribution in [0.3, 0.4) is 0 Å². The SMILES string of the molecule is CCCCCCCCCCCOC(=O)CCCCCN1C[C@H](O)C[C@H]1C(=O)OCCCCCCCC(=O)OC(CCCCCCCC)(CCCCCCCC)OC(CCCCCCCC)CCCCCCCC. The van der Waals surface area contributed by atoms with Crippen LogP contribution < -0.4 is 0 Å². The van der Waals surface area contributed by atoms with Gasteiger partial charge in [0, 0.05) is 38.6 Å². The molecule has 0 radical (unpaired) electrons. The summed E-state index contributed by atoms with van der Waals surface area (Å²) < 4.78 is 25.2. The lowest BCUT2D eigenvalue weighted by Crippen LogP contribution is -2.42. The predicted octanol–water partition coefficient (Wildman–Crippen LogP) is 18.6. The predicted molar refractivity (Wildman–Crippen MR) is 307 cm³/mol. The Bertz CT molecular complexity index is 1200.